The van der Waals surface area contributed by atoms with Gasteiger partial charge in [-0.05, 0) is 31.5 Å². The molecule has 1 amide bonds. The van der Waals surface area contributed by atoms with Crippen LogP contribution in [0.3, 0.4) is 0 Å². The molecule has 0 radical (unpaired) electrons. The highest BCUT2D eigenvalue weighted by atomic mass is 19.1. The highest BCUT2D eigenvalue weighted by molar-refractivity contribution is 6.09. The number of carbonyl (C=O) groups is 1. The zero-order chi connectivity index (χ0) is 22.4. The Kier molecular flexibility index (Phi) is 7.67. The van der Waals surface area contributed by atoms with E-state index in [0.29, 0.717) is 11.3 Å². The lowest BCUT2D eigenvalue weighted by atomic mass is 10.1. The fraction of sp³-hybridized carbons (Fsp3) is 0.350. The second kappa shape index (κ2) is 9.99. The molecule has 0 fully saturated rings. The van der Waals surface area contributed by atoms with E-state index in [0.717, 1.165) is 0 Å². The Morgan fingerprint density at radius 2 is 2.03 bits per heavy atom. The van der Waals surface area contributed by atoms with Gasteiger partial charge in [-0.15, -0.1) is 0 Å². The molecule has 1 aromatic carbocycles. The second-order valence-corrected chi connectivity index (χ2v) is 6.17. The maximum absolute atomic E-state index is 14.3. The van der Waals surface area contributed by atoms with Gasteiger partial charge < -0.3 is 14.9 Å². The van der Waals surface area contributed by atoms with E-state index in [4.69, 9.17) is 14.5 Å². The van der Waals surface area contributed by atoms with Crippen molar-refractivity contribution in [2.24, 2.45) is 7.05 Å². The molecular formula is C20H25FN4O5. The summed E-state index contributed by atoms with van der Waals surface area (Å²) in [6.07, 6.45) is 0. The van der Waals surface area contributed by atoms with E-state index in [9.17, 15) is 14.0 Å². The van der Waals surface area contributed by atoms with Crippen LogP contribution in [0.15, 0.2) is 27.5 Å². The smallest absolute Gasteiger partial charge is 0.282 e. The number of hydroxylamine groups is 1. The Bertz CT molecular complexity index is 1110. The number of amides is 1. The Morgan fingerprint density at radius 1 is 1.33 bits per heavy atom. The quantitative estimate of drug-likeness (QED) is 0.414. The zero-order valence-corrected chi connectivity index (χ0v) is 17.5. The summed E-state index contributed by atoms with van der Waals surface area (Å²) in [4.78, 5) is 30.3. The number of aryl methyl sites for hydroxylation is 2. The number of aromatic nitrogens is 2. The van der Waals surface area contributed by atoms with Crippen molar-refractivity contribution in [3.63, 3.8) is 0 Å². The Hall–Kier alpha value is -3.24. The molecule has 0 unspecified atom stereocenters. The zero-order valence-electron chi connectivity index (χ0n) is 17.5. The van der Waals surface area contributed by atoms with Gasteiger partial charge in [0.15, 0.2) is 5.58 Å². The fourth-order valence-electron chi connectivity index (χ4n) is 2.76. The van der Waals surface area contributed by atoms with E-state index < -0.39 is 17.3 Å². The lowest BCUT2D eigenvalue weighted by molar-refractivity contribution is 0.0169. The monoisotopic (exact) mass is 420 g/mol. The van der Waals surface area contributed by atoms with Crippen LogP contribution in [0.1, 0.15) is 35.5 Å². The highest BCUT2D eigenvalue weighted by Gasteiger charge is 2.26. The number of anilines is 2. The molecule has 2 aromatic heterocycles. The largest absolute Gasteiger partial charge is 0.394 e. The number of aliphatic hydroxyl groups is 1. The van der Waals surface area contributed by atoms with Crippen LogP contribution in [-0.4, -0.2) is 34.0 Å². The molecule has 0 aliphatic carbocycles. The number of halogens is 1. The van der Waals surface area contributed by atoms with Crippen LogP contribution in [0.5, 0.6) is 0 Å². The number of nitrogens with zero attached hydrogens (tertiary/aromatic N) is 2. The molecule has 0 aliphatic heterocycles. The average Bonchev–Trinajstić information content (AvgIpc) is 3.10. The predicted molar refractivity (Wildman–Crippen MR) is 110 cm³/mol. The molecule has 3 rings (SSSR count). The van der Waals surface area contributed by atoms with Gasteiger partial charge in [0, 0.05) is 7.05 Å². The van der Waals surface area contributed by atoms with Gasteiger partial charge >= 0.3 is 0 Å². The van der Waals surface area contributed by atoms with Crippen molar-refractivity contribution in [2.75, 3.05) is 18.5 Å². The molecule has 162 valence electrons. The molecule has 0 aliphatic rings. The van der Waals surface area contributed by atoms with Crippen LogP contribution >= 0.6 is 0 Å². The van der Waals surface area contributed by atoms with E-state index in [2.05, 4.69) is 16.0 Å². The van der Waals surface area contributed by atoms with Gasteiger partial charge in [-0.2, -0.15) is 0 Å². The molecule has 0 atom stereocenters. The first-order valence-electron chi connectivity index (χ1n) is 9.40. The molecule has 0 saturated heterocycles. The minimum atomic E-state index is -0.750. The number of carbonyl (C=O) groups excluding carboxylic acids is 1. The van der Waals surface area contributed by atoms with Gasteiger partial charge in [-0.25, -0.2) is 9.87 Å². The van der Waals surface area contributed by atoms with Crippen molar-refractivity contribution in [3.8, 4) is 0 Å². The minimum Gasteiger partial charge on any atom is -0.394 e. The van der Waals surface area contributed by atoms with E-state index in [1.807, 2.05) is 13.8 Å². The number of hydrogen-bond acceptors (Lipinski definition) is 7. The number of fused-ring (bicyclic) bond motifs is 1. The molecule has 3 N–H and O–H groups in total. The summed E-state index contributed by atoms with van der Waals surface area (Å²) in [5, 5.41) is 15.5. The number of benzene rings is 1. The van der Waals surface area contributed by atoms with Crippen molar-refractivity contribution >= 4 is 28.4 Å². The molecule has 0 bridgehead atoms. The van der Waals surface area contributed by atoms with Gasteiger partial charge in [0.25, 0.3) is 11.5 Å². The first-order chi connectivity index (χ1) is 14.3. The molecule has 2 heterocycles. The maximum atomic E-state index is 14.3. The average molecular weight is 420 g/mol. The summed E-state index contributed by atoms with van der Waals surface area (Å²) in [7, 11) is 1.44. The molecule has 0 saturated carbocycles. The van der Waals surface area contributed by atoms with E-state index in [1.54, 1.807) is 19.9 Å². The molecular weight excluding hydrogens is 395 g/mol. The van der Waals surface area contributed by atoms with Gasteiger partial charge in [0.2, 0.25) is 0 Å². The Labute approximate surface area is 172 Å². The van der Waals surface area contributed by atoms with Crippen LogP contribution in [0.2, 0.25) is 0 Å². The molecule has 30 heavy (non-hydrogen) atoms. The summed E-state index contributed by atoms with van der Waals surface area (Å²) in [5.74, 6) is -1.30. The number of rotatable bonds is 6. The van der Waals surface area contributed by atoms with Gasteiger partial charge in [0.05, 0.1) is 24.6 Å². The molecule has 0 spiro atoms. The fourth-order valence-corrected chi connectivity index (χ4v) is 2.76. The topological polar surface area (TPSA) is 119 Å². The first-order valence-corrected chi connectivity index (χ1v) is 9.40. The third-order valence-electron chi connectivity index (χ3n) is 4.14. The summed E-state index contributed by atoms with van der Waals surface area (Å²) < 4.78 is 20.7. The van der Waals surface area contributed by atoms with E-state index in [-0.39, 0.29) is 41.3 Å². The second-order valence-electron chi connectivity index (χ2n) is 6.17. The van der Waals surface area contributed by atoms with Crippen LogP contribution in [0.25, 0.3) is 11.0 Å². The van der Waals surface area contributed by atoms with Gasteiger partial charge in [-0.3, -0.25) is 19.0 Å². The molecule has 3 aromatic rings. The van der Waals surface area contributed by atoms with Crippen molar-refractivity contribution in [1.29, 1.82) is 0 Å². The van der Waals surface area contributed by atoms with E-state index in [1.165, 1.54) is 23.7 Å². The Balaban J connectivity index is 0.00000155. The number of hydrogen-bond donors (Lipinski definition) is 3. The van der Waals surface area contributed by atoms with Crippen LogP contribution in [-0.2, 0) is 11.9 Å². The summed E-state index contributed by atoms with van der Waals surface area (Å²) in [6.45, 7) is 6.88. The lowest BCUT2D eigenvalue weighted by Crippen LogP contribution is -2.30. The summed E-state index contributed by atoms with van der Waals surface area (Å²) in [5.41, 5.74) is 2.66. The van der Waals surface area contributed by atoms with Crippen molar-refractivity contribution in [3.05, 3.63) is 51.2 Å². The molecule has 9 nitrogen and oxygen atoms in total. The predicted octanol–water partition coefficient (Wildman–Crippen LogP) is 2.71. The van der Waals surface area contributed by atoms with E-state index >= 15 is 0 Å². The van der Waals surface area contributed by atoms with Crippen molar-refractivity contribution in [2.45, 2.75) is 27.7 Å². The van der Waals surface area contributed by atoms with Crippen LogP contribution in [0.4, 0.5) is 15.9 Å². The third-order valence-corrected chi connectivity index (χ3v) is 4.14. The number of nitrogens with one attached hydrogen (secondary N) is 2. The van der Waals surface area contributed by atoms with Crippen molar-refractivity contribution < 1.29 is 23.7 Å². The third kappa shape index (κ3) is 4.50. The van der Waals surface area contributed by atoms with Gasteiger partial charge in [0.1, 0.15) is 22.6 Å². The highest BCUT2D eigenvalue weighted by Crippen LogP contribution is 2.28. The summed E-state index contributed by atoms with van der Waals surface area (Å²) >= 11 is 0. The van der Waals surface area contributed by atoms with Crippen molar-refractivity contribution in [1.82, 2.24) is 15.2 Å². The normalized spacial score (nSPS) is 10.5. The number of pyridine rings is 1. The minimum absolute atomic E-state index is 0.00139. The maximum Gasteiger partial charge on any atom is 0.282 e. The number of aliphatic hydroxyl groups excluding tert-OH is 1. The lowest BCUT2D eigenvalue weighted by Gasteiger charge is -2.16. The first kappa shape index (κ1) is 23.0. The standard InChI is InChI=1S/C18H19FN4O5.C2H6/c1-9-4-5-12(11(19)8-9)20-16-14(17(25)22-27-7-6-24)15-13(10(2)21-28-15)18(26)23(16)3;1-2/h4-5,8,20,24H,6-7H2,1-3H3,(H,22,25);1-2H3. The Morgan fingerprint density at radius 3 is 2.67 bits per heavy atom. The SMILES string of the molecule is CC.Cc1ccc(Nc2c(C(=O)NOCCO)c3onc(C)c3c(=O)n2C)c(F)c1. The van der Waals surface area contributed by atoms with Gasteiger partial charge in [-0.1, -0.05) is 25.1 Å². The van der Waals surface area contributed by atoms with Crippen LogP contribution < -0.4 is 16.4 Å². The summed E-state index contributed by atoms with van der Waals surface area (Å²) in [6, 6.07) is 4.50. The molecule has 10 heteroatoms. The van der Waals surface area contributed by atoms with Crippen LogP contribution in [0, 0.1) is 19.7 Å².